The highest BCUT2D eigenvalue weighted by Crippen LogP contribution is 2.33. The summed E-state index contributed by atoms with van der Waals surface area (Å²) in [6, 6.07) is 7.07. The van der Waals surface area contributed by atoms with Gasteiger partial charge in [-0.1, -0.05) is 30.3 Å². The molecule has 1 aromatic carbocycles. The average Bonchev–Trinajstić information content (AvgIpc) is 3.04. The second-order valence-electron chi connectivity index (χ2n) is 5.23. The monoisotopic (exact) mass is 326 g/mol. The Balaban J connectivity index is 2.03. The van der Waals surface area contributed by atoms with Crippen LogP contribution in [-0.2, 0) is 9.59 Å². The number of rotatable bonds is 4. The summed E-state index contributed by atoms with van der Waals surface area (Å²) in [5.74, 6) is -1.22. The van der Waals surface area contributed by atoms with E-state index in [0.717, 1.165) is 12.8 Å². The highest BCUT2D eigenvalue weighted by molar-refractivity contribution is 5.97. The van der Waals surface area contributed by atoms with Gasteiger partial charge in [0, 0.05) is 19.2 Å². The number of halogens is 3. The fourth-order valence-corrected chi connectivity index (χ4v) is 2.37. The molecule has 0 unspecified atom stereocenters. The zero-order valence-electron chi connectivity index (χ0n) is 12.4. The quantitative estimate of drug-likeness (QED) is 0.864. The van der Waals surface area contributed by atoms with Crippen molar-refractivity contribution < 1.29 is 22.8 Å². The number of hydrogen-bond acceptors (Lipinski definition) is 2. The van der Waals surface area contributed by atoms with Crippen LogP contribution in [0, 0.1) is 0 Å². The Bertz CT molecular complexity index is 591. The average molecular weight is 326 g/mol. The molecule has 0 spiro atoms. The van der Waals surface area contributed by atoms with Crippen molar-refractivity contribution >= 4 is 17.4 Å². The highest BCUT2D eigenvalue weighted by Gasteiger charge is 2.35. The number of amides is 2. The van der Waals surface area contributed by atoms with Crippen LogP contribution in [-0.4, -0.2) is 42.5 Å². The van der Waals surface area contributed by atoms with Crippen LogP contribution in [0.2, 0.25) is 0 Å². The van der Waals surface area contributed by atoms with Crippen LogP contribution in [0.3, 0.4) is 0 Å². The molecule has 1 fully saturated rings. The van der Waals surface area contributed by atoms with Gasteiger partial charge in [0.05, 0.1) is 12.1 Å². The van der Waals surface area contributed by atoms with Gasteiger partial charge in [0.2, 0.25) is 11.8 Å². The van der Waals surface area contributed by atoms with E-state index in [1.165, 1.54) is 24.3 Å². The summed E-state index contributed by atoms with van der Waals surface area (Å²) in [7, 11) is 0. The summed E-state index contributed by atoms with van der Waals surface area (Å²) >= 11 is 0. The third-order valence-electron chi connectivity index (χ3n) is 3.54. The zero-order valence-corrected chi connectivity index (χ0v) is 12.4. The molecule has 0 atom stereocenters. The smallest absolute Gasteiger partial charge is 0.343 e. The molecule has 0 aromatic heterocycles. The standard InChI is InChI=1S/C16H17F3N2O2/c17-16(18,19)13(12-6-2-1-3-7-12)10-14(22)20-11-15(23)21-8-4-5-9-21/h1-3,6-7,10H,4-5,8-9,11H2,(H,20,22)/b13-10-. The van der Waals surface area contributed by atoms with Gasteiger partial charge >= 0.3 is 6.18 Å². The predicted octanol–water partition coefficient (Wildman–Crippen LogP) is 2.37. The molecule has 0 aliphatic carbocycles. The Labute approximate surface area is 132 Å². The number of nitrogens with zero attached hydrogens (tertiary/aromatic N) is 1. The zero-order chi connectivity index (χ0) is 16.9. The number of allylic oxidation sites excluding steroid dienone is 1. The molecule has 2 rings (SSSR count). The number of carbonyl (C=O) groups is 2. The summed E-state index contributed by atoms with van der Waals surface area (Å²) in [5.41, 5.74) is -1.13. The second-order valence-corrected chi connectivity index (χ2v) is 5.23. The summed E-state index contributed by atoms with van der Waals surface area (Å²) in [5, 5.41) is 2.23. The van der Waals surface area contributed by atoms with Crippen LogP contribution in [0.15, 0.2) is 36.4 Å². The van der Waals surface area contributed by atoms with Crippen molar-refractivity contribution in [3.63, 3.8) is 0 Å². The molecule has 2 amide bonds. The number of nitrogens with one attached hydrogen (secondary N) is 1. The lowest BCUT2D eigenvalue weighted by Crippen LogP contribution is -2.38. The second kappa shape index (κ2) is 7.30. The van der Waals surface area contributed by atoms with Crippen LogP contribution in [0.25, 0.3) is 5.57 Å². The SMILES string of the molecule is O=C(/C=C(/c1ccccc1)C(F)(F)F)NCC(=O)N1CCCC1. The first-order valence-corrected chi connectivity index (χ1v) is 7.28. The number of alkyl halides is 3. The summed E-state index contributed by atoms with van der Waals surface area (Å²) in [6.45, 7) is 0.958. The van der Waals surface area contributed by atoms with Crippen LogP contribution in [0.1, 0.15) is 18.4 Å². The molecule has 23 heavy (non-hydrogen) atoms. The maximum atomic E-state index is 13.1. The van der Waals surface area contributed by atoms with Gasteiger partial charge in [0.15, 0.2) is 0 Å². The lowest BCUT2D eigenvalue weighted by molar-refractivity contribution is -0.131. The highest BCUT2D eigenvalue weighted by atomic mass is 19.4. The predicted molar refractivity (Wildman–Crippen MR) is 79.3 cm³/mol. The van der Waals surface area contributed by atoms with Gasteiger partial charge < -0.3 is 10.2 Å². The molecule has 4 nitrogen and oxygen atoms in total. The third kappa shape index (κ3) is 4.84. The van der Waals surface area contributed by atoms with E-state index in [2.05, 4.69) is 5.32 Å². The van der Waals surface area contributed by atoms with Crippen LogP contribution >= 0.6 is 0 Å². The van der Waals surface area contributed by atoms with Crippen molar-refractivity contribution in [3.8, 4) is 0 Å². The Morgan fingerprint density at radius 3 is 2.30 bits per heavy atom. The van der Waals surface area contributed by atoms with Crippen LogP contribution in [0.5, 0.6) is 0 Å². The van der Waals surface area contributed by atoms with Crippen molar-refractivity contribution in [2.75, 3.05) is 19.6 Å². The van der Waals surface area contributed by atoms with Crippen molar-refractivity contribution in [1.29, 1.82) is 0 Å². The molecule has 1 aliphatic rings. The van der Waals surface area contributed by atoms with E-state index in [4.69, 9.17) is 0 Å². The fraction of sp³-hybridized carbons (Fsp3) is 0.375. The number of likely N-dealkylation sites (tertiary alicyclic amines) is 1. The summed E-state index contributed by atoms with van der Waals surface area (Å²) in [4.78, 5) is 25.1. The van der Waals surface area contributed by atoms with Crippen molar-refractivity contribution in [2.45, 2.75) is 19.0 Å². The Kier molecular flexibility index (Phi) is 5.41. The lowest BCUT2D eigenvalue weighted by atomic mass is 10.1. The molecule has 1 N–H and O–H groups in total. The number of hydrogen-bond donors (Lipinski definition) is 1. The number of carbonyl (C=O) groups excluding carboxylic acids is 2. The molecule has 0 bridgehead atoms. The molecule has 0 saturated carbocycles. The molecule has 1 aromatic rings. The molecule has 7 heteroatoms. The first kappa shape index (κ1) is 17.1. The van der Waals surface area contributed by atoms with E-state index in [9.17, 15) is 22.8 Å². The van der Waals surface area contributed by atoms with Crippen molar-refractivity contribution in [3.05, 3.63) is 42.0 Å². The maximum Gasteiger partial charge on any atom is 0.417 e. The largest absolute Gasteiger partial charge is 0.417 e. The Morgan fingerprint density at radius 1 is 1.13 bits per heavy atom. The minimum atomic E-state index is -4.66. The first-order chi connectivity index (χ1) is 10.9. The first-order valence-electron chi connectivity index (χ1n) is 7.28. The Hall–Kier alpha value is -2.31. The molecule has 1 saturated heterocycles. The molecule has 1 aliphatic heterocycles. The van der Waals surface area contributed by atoms with E-state index in [1.54, 1.807) is 11.0 Å². The molecule has 1 heterocycles. The summed E-state index contributed by atoms with van der Waals surface area (Å²) in [6.07, 6.45) is -2.35. The van der Waals surface area contributed by atoms with Gasteiger partial charge in [0.1, 0.15) is 0 Å². The van der Waals surface area contributed by atoms with Crippen molar-refractivity contribution in [1.82, 2.24) is 10.2 Å². The van der Waals surface area contributed by atoms with Gasteiger partial charge in [-0.2, -0.15) is 13.2 Å². The van der Waals surface area contributed by atoms with Crippen LogP contribution < -0.4 is 5.32 Å². The van der Waals surface area contributed by atoms with Gasteiger partial charge in [-0.15, -0.1) is 0 Å². The minimum Gasteiger partial charge on any atom is -0.343 e. The Morgan fingerprint density at radius 2 is 1.74 bits per heavy atom. The van der Waals surface area contributed by atoms with E-state index >= 15 is 0 Å². The molecule has 124 valence electrons. The molecular weight excluding hydrogens is 309 g/mol. The van der Waals surface area contributed by atoms with Gasteiger partial charge in [-0.05, 0) is 18.4 Å². The van der Waals surface area contributed by atoms with Gasteiger partial charge in [-0.25, -0.2) is 0 Å². The topological polar surface area (TPSA) is 49.4 Å². The number of benzene rings is 1. The van der Waals surface area contributed by atoms with E-state index in [-0.39, 0.29) is 18.0 Å². The molecule has 0 radical (unpaired) electrons. The van der Waals surface area contributed by atoms with E-state index < -0.39 is 17.7 Å². The van der Waals surface area contributed by atoms with Gasteiger partial charge in [0.25, 0.3) is 0 Å². The summed E-state index contributed by atoms with van der Waals surface area (Å²) < 4.78 is 39.3. The maximum absolute atomic E-state index is 13.1. The van der Waals surface area contributed by atoms with Crippen molar-refractivity contribution in [2.24, 2.45) is 0 Å². The van der Waals surface area contributed by atoms with E-state index in [1.807, 2.05) is 0 Å². The fourth-order valence-electron chi connectivity index (χ4n) is 2.37. The lowest BCUT2D eigenvalue weighted by Gasteiger charge is -2.15. The minimum absolute atomic E-state index is 0.0963. The van der Waals surface area contributed by atoms with Gasteiger partial charge in [-0.3, -0.25) is 9.59 Å². The third-order valence-corrected chi connectivity index (χ3v) is 3.54. The van der Waals surface area contributed by atoms with Crippen LogP contribution in [0.4, 0.5) is 13.2 Å². The normalized spacial score (nSPS) is 15.6. The molecular formula is C16H17F3N2O2. The van der Waals surface area contributed by atoms with E-state index in [0.29, 0.717) is 19.2 Å².